The van der Waals surface area contributed by atoms with Crippen molar-refractivity contribution in [2.75, 3.05) is 6.54 Å². The molecule has 9 heteroatoms. The third-order valence-corrected chi connectivity index (χ3v) is 6.47. The molecule has 0 saturated carbocycles. The van der Waals surface area contributed by atoms with E-state index in [-0.39, 0.29) is 21.2 Å². The maximum Gasteiger partial charge on any atom is 0.274 e. The van der Waals surface area contributed by atoms with Crippen LogP contribution in [-0.2, 0) is 9.59 Å². The molecule has 3 amide bonds. The fourth-order valence-corrected chi connectivity index (χ4v) is 4.70. The molecule has 2 aromatic carbocycles. The van der Waals surface area contributed by atoms with Crippen molar-refractivity contribution in [2.45, 2.75) is 12.8 Å². The minimum Gasteiger partial charge on any atom is -0.292 e. The van der Waals surface area contributed by atoms with Crippen molar-refractivity contribution >= 4 is 58.3 Å². The number of allylic oxidation sites excluding steroid dienone is 2. The minimum atomic E-state index is -0.734. The zero-order chi connectivity index (χ0) is 23.0. The SMILES string of the molecule is O=C(CN(C(=O)c1ccccc1Cl)N1C(=O)[C@@H]2CC=CC[C@H]2C1=O)c1ccc(Cl)cc1Cl. The van der Waals surface area contributed by atoms with Gasteiger partial charge in [-0.2, -0.15) is 5.01 Å². The highest BCUT2D eigenvalue weighted by molar-refractivity contribution is 6.37. The van der Waals surface area contributed by atoms with E-state index in [0.29, 0.717) is 17.9 Å². The number of amides is 3. The smallest absolute Gasteiger partial charge is 0.274 e. The van der Waals surface area contributed by atoms with Gasteiger partial charge in [0.15, 0.2) is 5.78 Å². The number of halogens is 3. The molecule has 1 saturated heterocycles. The number of carbonyl (C=O) groups excluding carboxylic acids is 4. The summed E-state index contributed by atoms with van der Waals surface area (Å²) in [6.45, 7) is -0.574. The number of hydrogen-bond acceptors (Lipinski definition) is 4. The topological polar surface area (TPSA) is 74.8 Å². The van der Waals surface area contributed by atoms with Crippen molar-refractivity contribution in [3.8, 4) is 0 Å². The second-order valence-electron chi connectivity index (χ2n) is 7.53. The standard InChI is InChI=1S/C23H17Cl3N2O4/c24-13-9-10-16(19(26)11-13)20(29)12-27(21(30)17-7-3-4-8-18(17)25)28-22(31)14-5-1-2-6-15(14)23(28)32/h1-4,7-11,14-15H,5-6,12H2/t14-,15-/m1/s1. The Kier molecular flexibility index (Phi) is 6.38. The number of Topliss-reactive ketones (excluding diaryl/α,β-unsaturated/α-hetero) is 1. The third kappa shape index (κ3) is 4.06. The Morgan fingerprint density at radius 3 is 2.09 bits per heavy atom. The first-order valence-electron chi connectivity index (χ1n) is 9.87. The first-order chi connectivity index (χ1) is 15.3. The lowest BCUT2D eigenvalue weighted by molar-refractivity contribution is -0.154. The molecule has 0 bridgehead atoms. The number of rotatable bonds is 5. The monoisotopic (exact) mass is 490 g/mol. The molecule has 0 N–H and O–H groups in total. The Labute approximate surface area is 199 Å². The van der Waals surface area contributed by atoms with Gasteiger partial charge in [-0.3, -0.25) is 19.2 Å². The molecule has 2 atom stereocenters. The minimum absolute atomic E-state index is 0.0674. The fourth-order valence-electron chi connectivity index (χ4n) is 3.96. The molecule has 1 heterocycles. The number of hydrogen-bond donors (Lipinski definition) is 0. The maximum atomic E-state index is 13.4. The number of ketones is 1. The molecule has 164 valence electrons. The summed E-state index contributed by atoms with van der Waals surface area (Å²) in [5.41, 5.74) is 0.184. The molecule has 2 aromatic rings. The van der Waals surface area contributed by atoms with E-state index >= 15 is 0 Å². The molecule has 0 spiro atoms. The van der Waals surface area contributed by atoms with Gasteiger partial charge in [-0.1, -0.05) is 59.1 Å². The van der Waals surface area contributed by atoms with Crippen molar-refractivity contribution in [2.24, 2.45) is 11.8 Å². The van der Waals surface area contributed by atoms with E-state index in [2.05, 4.69) is 0 Å². The van der Waals surface area contributed by atoms with Gasteiger partial charge < -0.3 is 0 Å². The molecule has 2 aliphatic rings. The summed E-state index contributed by atoms with van der Waals surface area (Å²) in [6, 6.07) is 10.6. The van der Waals surface area contributed by atoms with E-state index in [4.69, 9.17) is 34.8 Å². The van der Waals surface area contributed by atoms with Gasteiger partial charge in [0, 0.05) is 10.6 Å². The number of fused-ring (bicyclic) bond motifs is 1. The normalized spacial score (nSPS) is 19.8. The van der Waals surface area contributed by atoms with E-state index < -0.39 is 41.9 Å². The van der Waals surface area contributed by atoms with E-state index in [1.807, 2.05) is 12.2 Å². The summed E-state index contributed by atoms with van der Waals surface area (Å²) in [5, 5.41) is 2.26. The first kappa shape index (κ1) is 22.5. The Morgan fingerprint density at radius 1 is 0.875 bits per heavy atom. The summed E-state index contributed by atoms with van der Waals surface area (Å²) >= 11 is 18.3. The molecule has 6 nitrogen and oxygen atoms in total. The summed E-state index contributed by atoms with van der Waals surface area (Å²) in [6.07, 6.45) is 4.48. The van der Waals surface area contributed by atoms with Gasteiger partial charge in [-0.15, -0.1) is 0 Å². The van der Waals surface area contributed by atoms with Crippen LogP contribution < -0.4 is 0 Å². The molecular weight excluding hydrogens is 475 g/mol. The molecule has 0 aromatic heterocycles. The zero-order valence-electron chi connectivity index (χ0n) is 16.6. The molecule has 1 aliphatic carbocycles. The van der Waals surface area contributed by atoms with Crippen LogP contribution in [0.15, 0.2) is 54.6 Å². The van der Waals surface area contributed by atoms with Crippen molar-refractivity contribution in [1.29, 1.82) is 0 Å². The van der Waals surface area contributed by atoms with Gasteiger partial charge in [-0.05, 0) is 43.2 Å². The Balaban J connectivity index is 1.73. The molecule has 1 aliphatic heterocycles. The van der Waals surface area contributed by atoms with Crippen LogP contribution in [0, 0.1) is 11.8 Å². The van der Waals surface area contributed by atoms with E-state index in [1.54, 1.807) is 12.1 Å². The molecule has 0 radical (unpaired) electrons. The van der Waals surface area contributed by atoms with Crippen LogP contribution in [0.1, 0.15) is 33.6 Å². The second-order valence-corrected chi connectivity index (χ2v) is 8.78. The third-order valence-electron chi connectivity index (χ3n) is 5.59. The van der Waals surface area contributed by atoms with Gasteiger partial charge in [0.05, 0.1) is 27.4 Å². The lowest BCUT2D eigenvalue weighted by atomic mass is 9.85. The van der Waals surface area contributed by atoms with E-state index in [0.717, 1.165) is 10.0 Å². The quantitative estimate of drug-likeness (QED) is 0.341. The number of benzene rings is 2. The number of hydrazine groups is 1. The number of imide groups is 1. The average molecular weight is 492 g/mol. The largest absolute Gasteiger partial charge is 0.292 e. The lowest BCUT2D eigenvalue weighted by Crippen LogP contribution is -2.52. The van der Waals surface area contributed by atoms with Crippen LogP contribution in [-0.4, -0.2) is 40.1 Å². The zero-order valence-corrected chi connectivity index (χ0v) is 18.9. The predicted molar refractivity (Wildman–Crippen MR) is 120 cm³/mol. The number of carbonyl (C=O) groups is 4. The Bertz CT molecular complexity index is 1140. The van der Waals surface area contributed by atoms with Gasteiger partial charge in [-0.25, -0.2) is 5.01 Å². The van der Waals surface area contributed by atoms with Crippen LogP contribution in [0.4, 0.5) is 0 Å². The highest BCUT2D eigenvalue weighted by Gasteiger charge is 2.51. The van der Waals surface area contributed by atoms with Gasteiger partial charge >= 0.3 is 0 Å². The summed E-state index contributed by atoms with van der Waals surface area (Å²) in [4.78, 5) is 52.8. The van der Waals surface area contributed by atoms with Crippen LogP contribution in [0.2, 0.25) is 15.1 Å². The van der Waals surface area contributed by atoms with Crippen LogP contribution in [0.3, 0.4) is 0 Å². The molecule has 1 fully saturated rings. The molecule has 4 rings (SSSR count). The summed E-state index contributed by atoms with van der Waals surface area (Å²) in [7, 11) is 0. The van der Waals surface area contributed by atoms with Crippen molar-refractivity contribution in [1.82, 2.24) is 10.0 Å². The summed E-state index contributed by atoms with van der Waals surface area (Å²) < 4.78 is 0. The number of nitrogens with zero attached hydrogens (tertiary/aromatic N) is 2. The fraction of sp³-hybridized carbons (Fsp3) is 0.217. The van der Waals surface area contributed by atoms with E-state index in [9.17, 15) is 19.2 Å². The van der Waals surface area contributed by atoms with E-state index in [1.165, 1.54) is 30.3 Å². The van der Waals surface area contributed by atoms with Crippen LogP contribution in [0.5, 0.6) is 0 Å². The Morgan fingerprint density at radius 2 is 1.50 bits per heavy atom. The molecule has 0 unspecified atom stereocenters. The molecular formula is C23H17Cl3N2O4. The van der Waals surface area contributed by atoms with Crippen LogP contribution in [0.25, 0.3) is 0 Å². The second kappa shape index (κ2) is 9.06. The van der Waals surface area contributed by atoms with Crippen molar-refractivity contribution in [3.63, 3.8) is 0 Å². The van der Waals surface area contributed by atoms with Gasteiger partial charge in [0.25, 0.3) is 17.7 Å². The maximum absolute atomic E-state index is 13.4. The van der Waals surface area contributed by atoms with Gasteiger partial charge in [0.2, 0.25) is 0 Å². The Hall–Kier alpha value is -2.67. The molecule has 32 heavy (non-hydrogen) atoms. The van der Waals surface area contributed by atoms with Gasteiger partial charge in [0.1, 0.15) is 6.54 Å². The average Bonchev–Trinajstić information content (AvgIpc) is 3.02. The van der Waals surface area contributed by atoms with Crippen molar-refractivity contribution < 1.29 is 19.2 Å². The lowest BCUT2D eigenvalue weighted by Gasteiger charge is -2.30. The highest BCUT2D eigenvalue weighted by Crippen LogP contribution is 2.36. The first-order valence-corrected chi connectivity index (χ1v) is 11.0. The van der Waals surface area contributed by atoms with Crippen LogP contribution >= 0.6 is 34.8 Å². The predicted octanol–water partition coefficient (Wildman–Crippen LogP) is 4.84. The highest BCUT2D eigenvalue weighted by atomic mass is 35.5. The summed E-state index contributed by atoms with van der Waals surface area (Å²) in [5.74, 6) is -3.45. The van der Waals surface area contributed by atoms with Crippen molar-refractivity contribution in [3.05, 3.63) is 80.8 Å².